The lowest BCUT2D eigenvalue weighted by atomic mass is 10.3. The summed E-state index contributed by atoms with van der Waals surface area (Å²) in [6.45, 7) is 1.48. The molecule has 0 aliphatic rings. The zero-order valence-corrected chi connectivity index (χ0v) is 13.9. The summed E-state index contributed by atoms with van der Waals surface area (Å²) < 4.78 is 29.5. The van der Waals surface area contributed by atoms with Gasteiger partial charge in [0.2, 0.25) is 0 Å². The molecular formula is C12H20N2O4S3. The minimum Gasteiger partial charge on any atom is -0.494 e. The fourth-order valence-corrected chi connectivity index (χ4v) is 1.29. The fourth-order valence-electron chi connectivity index (χ4n) is 1.19. The number of nitrogens with zero attached hydrogens (tertiary/aromatic N) is 1. The van der Waals surface area contributed by atoms with Crippen LogP contribution in [0.1, 0.15) is 12.8 Å². The first kappa shape index (κ1) is 20.1. The van der Waals surface area contributed by atoms with Crippen molar-refractivity contribution in [3.8, 4) is 5.75 Å². The van der Waals surface area contributed by atoms with E-state index in [1.165, 1.54) is 0 Å². The summed E-state index contributed by atoms with van der Waals surface area (Å²) >= 11 is 7.49. The van der Waals surface area contributed by atoms with Crippen LogP contribution in [0.25, 0.3) is 0 Å². The first-order valence-electron chi connectivity index (χ1n) is 6.10. The molecule has 0 aromatic heterocycles. The fraction of sp³-hybridized carbons (Fsp3) is 0.417. The van der Waals surface area contributed by atoms with Crippen molar-refractivity contribution >= 4 is 38.7 Å². The van der Waals surface area contributed by atoms with E-state index in [1.807, 2.05) is 30.3 Å². The molecule has 0 fully saturated rings. The van der Waals surface area contributed by atoms with Gasteiger partial charge in [-0.15, -0.1) is 0 Å². The molecule has 1 aromatic carbocycles. The molecule has 0 bridgehead atoms. The summed E-state index contributed by atoms with van der Waals surface area (Å²) in [7, 11) is -3.83. The molecular weight excluding hydrogens is 332 g/mol. The Kier molecular flexibility index (Phi) is 11.3. The molecule has 0 aliphatic carbocycles. The van der Waals surface area contributed by atoms with Crippen LogP contribution in [0.5, 0.6) is 5.75 Å². The Labute approximate surface area is 135 Å². The van der Waals surface area contributed by atoms with Gasteiger partial charge in [0.05, 0.1) is 6.61 Å². The molecule has 1 aromatic rings. The van der Waals surface area contributed by atoms with Crippen LogP contribution in [0.4, 0.5) is 0 Å². The molecule has 0 unspecified atom stereocenters. The third kappa shape index (κ3) is 17.1. The van der Waals surface area contributed by atoms with E-state index >= 15 is 0 Å². The molecule has 0 radical (unpaired) electrons. The lowest BCUT2D eigenvalue weighted by molar-refractivity contribution is 0.308. The van der Waals surface area contributed by atoms with E-state index < -0.39 is 9.05 Å². The maximum Gasteiger partial charge on any atom is 0.263 e. The van der Waals surface area contributed by atoms with Crippen molar-refractivity contribution in [2.45, 2.75) is 12.8 Å². The monoisotopic (exact) mass is 352 g/mol. The number of nitrogens with two attached hydrogens (primary N) is 1. The van der Waals surface area contributed by atoms with Crippen molar-refractivity contribution in [3.05, 3.63) is 30.3 Å². The topological polar surface area (TPSA) is 105 Å². The van der Waals surface area contributed by atoms with E-state index in [1.54, 1.807) is 0 Å². The molecule has 9 heteroatoms. The SMILES string of the molecule is NC(CS)=NCCCCOc1ccccc1.O=S(O)(O)=S. The summed E-state index contributed by atoms with van der Waals surface area (Å²) in [5.41, 5.74) is 5.52. The van der Waals surface area contributed by atoms with Crippen molar-refractivity contribution < 1.29 is 18.1 Å². The number of amidine groups is 1. The van der Waals surface area contributed by atoms with Gasteiger partial charge in [0.15, 0.2) is 0 Å². The van der Waals surface area contributed by atoms with Gasteiger partial charge in [0, 0.05) is 23.5 Å². The van der Waals surface area contributed by atoms with Crippen LogP contribution in [0.15, 0.2) is 35.3 Å². The quantitative estimate of drug-likeness (QED) is 0.258. The van der Waals surface area contributed by atoms with E-state index in [0.717, 1.165) is 31.7 Å². The van der Waals surface area contributed by atoms with Crippen molar-refractivity contribution in [1.29, 1.82) is 0 Å². The number of benzene rings is 1. The second-order valence-corrected chi connectivity index (χ2v) is 6.36. The maximum atomic E-state index is 9.11. The van der Waals surface area contributed by atoms with E-state index in [0.29, 0.717) is 11.6 Å². The van der Waals surface area contributed by atoms with Gasteiger partial charge >= 0.3 is 0 Å². The molecule has 120 valence electrons. The summed E-state index contributed by atoms with van der Waals surface area (Å²) in [5.74, 6) is 2.05. The van der Waals surface area contributed by atoms with Gasteiger partial charge in [-0.3, -0.25) is 14.1 Å². The van der Waals surface area contributed by atoms with Gasteiger partial charge in [-0.2, -0.15) is 16.8 Å². The normalized spacial score (nSPS) is 11.5. The molecule has 0 saturated carbocycles. The first-order chi connectivity index (χ1) is 9.83. The number of hydrogen-bond acceptors (Lipinski definition) is 5. The molecule has 4 N–H and O–H groups in total. The molecule has 21 heavy (non-hydrogen) atoms. The van der Waals surface area contributed by atoms with Crippen LogP contribution in [0.3, 0.4) is 0 Å². The predicted molar refractivity (Wildman–Crippen MR) is 92.3 cm³/mol. The number of thiol groups is 1. The van der Waals surface area contributed by atoms with Gasteiger partial charge in [-0.25, -0.2) is 0 Å². The Hall–Kier alpha value is -0.870. The lowest BCUT2D eigenvalue weighted by Crippen LogP contribution is -2.13. The lowest BCUT2D eigenvalue weighted by Gasteiger charge is -2.04. The first-order valence-corrected chi connectivity index (χ1v) is 9.13. The zero-order valence-electron chi connectivity index (χ0n) is 11.4. The average Bonchev–Trinajstić information content (AvgIpc) is 2.41. The molecule has 0 atom stereocenters. The smallest absolute Gasteiger partial charge is 0.263 e. The summed E-state index contributed by atoms with van der Waals surface area (Å²) in [6, 6.07) is 9.82. The second-order valence-electron chi connectivity index (χ2n) is 3.85. The maximum absolute atomic E-state index is 9.11. The second kappa shape index (κ2) is 11.8. The van der Waals surface area contributed by atoms with Crippen molar-refractivity contribution in [3.63, 3.8) is 0 Å². The highest BCUT2D eigenvalue weighted by Gasteiger charge is 1.92. The van der Waals surface area contributed by atoms with Crippen LogP contribution < -0.4 is 10.5 Å². The summed E-state index contributed by atoms with van der Waals surface area (Å²) in [6.07, 6.45) is 1.97. The molecule has 0 aliphatic heterocycles. The Bertz CT molecular complexity index is 498. The standard InChI is InChI=1S/C12H18N2OS.H2O3S2/c13-12(10-16)14-8-4-5-9-15-11-6-2-1-3-7-11;1-5(2,3)4/h1-3,6-7,16H,4-5,8-10H2,(H2,13,14);(H2,1,2,3,4). The van der Waals surface area contributed by atoms with Gasteiger partial charge in [-0.05, 0) is 25.0 Å². The van der Waals surface area contributed by atoms with Crippen LogP contribution in [-0.4, -0.2) is 38.1 Å². The minimum atomic E-state index is -3.83. The Morgan fingerprint density at radius 3 is 2.43 bits per heavy atom. The van der Waals surface area contributed by atoms with Crippen LogP contribution in [-0.2, 0) is 20.2 Å². The summed E-state index contributed by atoms with van der Waals surface area (Å²) in [4.78, 5) is 4.15. The highest BCUT2D eigenvalue weighted by Crippen LogP contribution is 2.08. The van der Waals surface area contributed by atoms with Crippen LogP contribution >= 0.6 is 12.6 Å². The highest BCUT2D eigenvalue weighted by atomic mass is 32.9. The van der Waals surface area contributed by atoms with E-state index in [2.05, 4.69) is 28.8 Å². The van der Waals surface area contributed by atoms with Gasteiger partial charge in [0.1, 0.15) is 11.6 Å². The van der Waals surface area contributed by atoms with Crippen molar-refractivity contribution in [2.24, 2.45) is 10.7 Å². The van der Waals surface area contributed by atoms with Crippen molar-refractivity contribution in [1.82, 2.24) is 0 Å². The molecule has 0 spiro atoms. The van der Waals surface area contributed by atoms with E-state index in [-0.39, 0.29) is 0 Å². The van der Waals surface area contributed by atoms with E-state index in [4.69, 9.17) is 23.8 Å². The Balaban J connectivity index is 0.000000690. The average molecular weight is 353 g/mol. The molecule has 0 saturated heterocycles. The number of unbranched alkanes of at least 4 members (excludes halogenated alkanes) is 1. The van der Waals surface area contributed by atoms with Crippen LogP contribution in [0, 0.1) is 0 Å². The third-order valence-electron chi connectivity index (χ3n) is 2.04. The molecule has 1 rings (SSSR count). The zero-order chi connectivity index (χ0) is 16.1. The van der Waals surface area contributed by atoms with E-state index in [9.17, 15) is 0 Å². The molecule has 0 heterocycles. The molecule has 6 nitrogen and oxygen atoms in total. The number of aliphatic imine (C=N–C) groups is 1. The minimum absolute atomic E-state index is 0.528. The largest absolute Gasteiger partial charge is 0.494 e. The summed E-state index contributed by atoms with van der Waals surface area (Å²) in [5, 5.41) is 0. The van der Waals surface area contributed by atoms with Crippen LogP contribution in [0.2, 0.25) is 0 Å². The molecule has 0 amide bonds. The Morgan fingerprint density at radius 1 is 1.33 bits per heavy atom. The van der Waals surface area contributed by atoms with Gasteiger partial charge in [-0.1, -0.05) is 18.2 Å². The van der Waals surface area contributed by atoms with Crippen molar-refractivity contribution in [2.75, 3.05) is 18.9 Å². The number of rotatable bonds is 7. The van der Waals surface area contributed by atoms with Gasteiger partial charge < -0.3 is 10.5 Å². The third-order valence-corrected chi connectivity index (χ3v) is 2.37. The number of para-hydroxylation sites is 1. The number of ether oxygens (including phenoxy) is 1. The highest BCUT2D eigenvalue weighted by molar-refractivity contribution is 8.26. The predicted octanol–water partition coefficient (Wildman–Crippen LogP) is 1.81. The number of hydrogen-bond donors (Lipinski definition) is 4. The van der Waals surface area contributed by atoms with Gasteiger partial charge in [0.25, 0.3) is 9.05 Å². The Morgan fingerprint density at radius 2 is 1.90 bits per heavy atom.